The fourth-order valence-electron chi connectivity index (χ4n) is 2.24. The number of nitrogens with zero attached hydrogens (tertiary/aromatic N) is 1. The Morgan fingerprint density at radius 1 is 1.32 bits per heavy atom. The smallest absolute Gasteiger partial charge is 0.258 e. The predicted molar refractivity (Wildman–Crippen MR) is 77.5 cm³/mol. The van der Waals surface area contributed by atoms with Gasteiger partial charge in [0.25, 0.3) is 5.56 Å². The molecule has 0 amide bonds. The summed E-state index contributed by atoms with van der Waals surface area (Å²) in [5.41, 5.74) is 0.724. The number of aromatic amines is 1. The summed E-state index contributed by atoms with van der Waals surface area (Å²) in [5.74, 6) is 1.52. The average molecular weight is 276 g/mol. The van der Waals surface area contributed by atoms with Gasteiger partial charge >= 0.3 is 0 Å². The van der Waals surface area contributed by atoms with Crippen molar-refractivity contribution in [2.24, 2.45) is 0 Å². The number of thioether (sulfide) groups is 1. The minimum absolute atomic E-state index is 0.0480. The van der Waals surface area contributed by atoms with E-state index < -0.39 is 0 Å². The summed E-state index contributed by atoms with van der Waals surface area (Å²) in [6, 6.07) is 7.45. The molecule has 0 spiro atoms. The third kappa shape index (κ3) is 2.98. The van der Waals surface area contributed by atoms with Gasteiger partial charge in [-0.25, -0.2) is 4.98 Å². The van der Waals surface area contributed by atoms with Gasteiger partial charge in [-0.05, 0) is 25.0 Å². The van der Waals surface area contributed by atoms with Gasteiger partial charge in [0.15, 0.2) is 0 Å². The summed E-state index contributed by atoms with van der Waals surface area (Å²) in [6.45, 7) is 1.69. The van der Waals surface area contributed by atoms with Crippen molar-refractivity contribution >= 4 is 22.7 Å². The number of benzene rings is 1. The molecule has 1 aliphatic rings. The maximum absolute atomic E-state index is 11.9. The van der Waals surface area contributed by atoms with Gasteiger partial charge in [-0.15, -0.1) is 0 Å². The van der Waals surface area contributed by atoms with Crippen LogP contribution in [-0.4, -0.2) is 28.4 Å². The topological polar surface area (TPSA) is 55.0 Å². The second-order valence-electron chi connectivity index (χ2n) is 4.65. The molecular weight excluding hydrogens is 260 g/mol. The standard InChI is InChI=1S/C14H16N2O2S/c17-14-11-3-1-2-4-12(11)15-13(16-14)9-19-10-5-7-18-8-6-10/h1-4,10H,5-9H2,(H,15,16,17). The Balaban J connectivity index is 1.75. The van der Waals surface area contributed by atoms with Crippen molar-refractivity contribution in [2.75, 3.05) is 13.2 Å². The van der Waals surface area contributed by atoms with Crippen LogP contribution in [0.3, 0.4) is 0 Å². The lowest BCUT2D eigenvalue weighted by Crippen LogP contribution is -2.18. The van der Waals surface area contributed by atoms with E-state index in [-0.39, 0.29) is 5.56 Å². The summed E-state index contributed by atoms with van der Waals surface area (Å²) < 4.78 is 5.34. The Kier molecular flexibility index (Phi) is 3.84. The third-order valence-electron chi connectivity index (χ3n) is 3.29. The Labute approximate surface area is 115 Å². The molecular formula is C14H16N2O2S. The van der Waals surface area contributed by atoms with E-state index in [4.69, 9.17) is 4.74 Å². The van der Waals surface area contributed by atoms with Crippen LogP contribution in [0.4, 0.5) is 0 Å². The number of hydrogen-bond acceptors (Lipinski definition) is 4. The van der Waals surface area contributed by atoms with Gasteiger partial charge in [0.1, 0.15) is 5.82 Å². The molecule has 1 aromatic carbocycles. The number of fused-ring (bicyclic) bond motifs is 1. The molecule has 0 radical (unpaired) electrons. The van der Waals surface area contributed by atoms with Gasteiger partial charge in [0.05, 0.1) is 16.7 Å². The molecule has 0 bridgehead atoms. The van der Waals surface area contributed by atoms with Crippen LogP contribution in [0.15, 0.2) is 29.1 Å². The molecule has 1 fully saturated rings. The molecule has 1 N–H and O–H groups in total. The average Bonchev–Trinajstić information content (AvgIpc) is 2.46. The molecule has 4 nitrogen and oxygen atoms in total. The van der Waals surface area contributed by atoms with E-state index in [2.05, 4.69) is 9.97 Å². The van der Waals surface area contributed by atoms with Crippen molar-refractivity contribution in [2.45, 2.75) is 23.8 Å². The first-order chi connectivity index (χ1) is 9.33. The highest BCUT2D eigenvalue weighted by molar-refractivity contribution is 7.99. The molecule has 1 saturated heterocycles. The van der Waals surface area contributed by atoms with E-state index in [0.717, 1.165) is 43.1 Å². The van der Waals surface area contributed by atoms with Gasteiger partial charge < -0.3 is 9.72 Å². The highest BCUT2D eigenvalue weighted by Crippen LogP contribution is 2.24. The number of para-hydroxylation sites is 1. The Hall–Kier alpha value is -1.33. The second kappa shape index (κ2) is 5.75. The van der Waals surface area contributed by atoms with Crippen molar-refractivity contribution < 1.29 is 4.74 Å². The summed E-state index contributed by atoms with van der Waals surface area (Å²) in [7, 11) is 0. The third-order valence-corrected chi connectivity index (χ3v) is 4.67. The zero-order valence-corrected chi connectivity index (χ0v) is 11.4. The zero-order chi connectivity index (χ0) is 13.1. The van der Waals surface area contributed by atoms with Crippen molar-refractivity contribution in [3.8, 4) is 0 Å². The van der Waals surface area contributed by atoms with Gasteiger partial charge in [-0.2, -0.15) is 11.8 Å². The molecule has 0 unspecified atom stereocenters. The van der Waals surface area contributed by atoms with Crippen molar-refractivity contribution in [3.63, 3.8) is 0 Å². The number of H-pyrrole nitrogens is 1. The first-order valence-electron chi connectivity index (χ1n) is 6.50. The minimum atomic E-state index is -0.0480. The predicted octanol–water partition coefficient (Wildman–Crippen LogP) is 2.34. The molecule has 0 saturated carbocycles. The lowest BCUT2D eigenvalue weighted by molar-refractivity contribution is 0.1000. The van der Waals surface area contributed by atoms with Crippen LogP contribution >= 0.6 is 11.8 Å². The number of rotatable bonds is 3. The summed E-state index contributed by atoms with van der Waals surface area (Å²) in [5, 5.41) is 1.27. The van der Waals surface area contributed by atoms with Crippen LogP contribution < -0.4 is 5.56 Å². The van der Waals surface area contributed by atoms with Crippen LogP contribution in [-0.2, 0) is 10.5 Å². The quantitative estimate of drug-likeness (QED) is 0.935. The fourth-order valence-corrected chi connectivity index (χ4v) is 3.30. The SMILES string of the molecule is O=c1[nH]c(CSC2CCOCC2)nc2ccccc12. The molecule has 0 atom stereocenters. The van der Waals surface area contributed by atoms with Gasteiger partial charge in [-0.1, -0.05) is 12.1 Å². The maximum atomic E-state index is 11.9. The first-order valence-corrected chi connectivity index (χ1v) is 7.55. The van der Waals surface area contributed by atoms with Gasteiger partial charge in [0, 0.05) is 18.5 Å². The lowest BCUT2D eigenvalue weighted by Gasteiger charge is -2.21. The van der Waals surface area contributed by atoms with Crippen LogP contribution in [0.5, 0.6) is 0 Å². The van der Waals surface area contributed by atoms with Crippen LogP contribution in [0, 0.1) is 0 Å². The van der Waals surface area contributed by atoms with E-state index in [9.17, 15) is 4.79 Å². The molecule has 5 heteroatoms. The molecule has 100 valence electrons. The van der Waals surface area contributed by atoms with E-state index in [0.29, 0.717) is 10.6 Å². The molecule has 19 heavy (non-hydrogen) atoms. The van der Waals surface area contributed by atoms with Crippen molar-refractivity contribution in [3.05, 3.63) is 40.4 Å². The fraction of sp³-hybridized carbons (Fsp3) is 0.429. The number of ether oxygens (including phenoxy) is 1. The number of nitrogens with one attached hydrogen (secondary N) is 1. The van der Waals surface area contributed by atoms with E-state index in [1.807, 2.05) is 30.0 Å². The lowest BCUT2D eigenvalue weighted by atomic mass is 10.2. The summed E-state index contributed by atoms with van der Waals surface area (Å²) in [6.07, 6.45) is 2.17. The number of aromatic nitrogens is 2. The molecule has 2 heterocycles. The molecule has 2 aromatic rings. The van der Waals surface area contributed by atoms with E-state index in [1.54, 1.807) is 6.07 Å². The maximum Gasteiger partial charge on any atom is 0.258 e. The largest absolute Gasteiger partial charge is 0.381 e. The summed E-state index contributed by atoms with van der Waals surface area (Å²) >= 11 is 1.86. The first kappa shape index (κ1) is 12.7. The Morgan fingerprint density at radius 2 is 2.11 bits per heavy atom. The van der Waals surface area contributed by atoms with Crippen molar-refractivity contribution in [1.82, 2.24) is 9.97 Å². The summed E-state index contributed by atoms with van der Waals surface area (Å²) in [4.78, 5) is 19.3. The van der Waals surface area contributed by atoms with Crippen LogP contribution in [0.1, 0.15) is 18.7 Å². The van der Waals surface area contributed by atoms with Gasteiger partial charge in [-0.3, -0.25) is 4.79 Å². The van der Waals surface area contributed by atoms with Crippen molar-refractivity contribution in [1.29, 1.82) is 0 Å². The van der Waals surface area contributed by atoms with E-state index >= 15 is 0 Å². The van der Waals surface area contributed by atoms with Crippen LogP contribution in [0.25, 0.3) is 10.9 Å². The Morgan fingerprint density at radius 3 is 2.95 bits per heavy atom. The number of hydrogen-bond donors (Lipinski definition) is 1. The highest BCUT2D eigenvalue weighted by atomic mass is 32.2. The monoisotopic (exact) mass is 276 g/mol. The van der Waals surface area contributed by atoms with Gasteiger partial charge in [0.2, 0.25) is 0 Å². The molecule has 3 rings (SSSR count). The second-order valence-corrected chi connectivity index (χ2v) is 5.94. The molecule has 1 aliphatic heterocycles. The zero-order valence-electron chi connectivity index (χ0n) is 10.6. The Bertz CT molecular complexity index is 620. The highest BCUT2D eigenvalue weighted by Gasteiger charge is 2.14. The molecule has 0 aliphatic carbocycles. The van der Waals surface area contributed by atoms with E-state index in [1.165, 1.54) is 0 Å². The molecule has 1 aromatic heterocycles. The minimum Gasteiger partial charge on any atom is -0.381 e. The van der Waals surface area contributed by atoms with Crippen LogP contribution in [0.2, 0.25) is 0 Å². The normalized spacial score (nSPS) is 16.8.